The summed E-state index contributed by atoms with van der Waals surface area (Å²) >= 11 is 1.40. The summed E-state index contributed by atoms with van der Waals surface area (Å²) in [6.07, 6.45) is 0.620. The zero-order valence-electron chi connectivity index (χ0n) is 11.8. The maximum atomic E-state index is 11.6. The number of pyridine rings is 1. The summed E-state index contributed by atoms with van der Waals surface area (Å²) in [6, 6.07) is 15.4. The van der Waals surface area contributed by atoms with Gasteiger partial charge in [-0.2, -0.15) is 5.26 Å². The van der Waals surface area contributed by atoms with Gasteiger partial charge in [0.15, 0.2) is 9.84 Å². The Balaban J connectivity index is 1.91. The van der Waals surface area contributed by atoms with Gasteiger partial charge in [0.1, 0.15) is 11.1 Å². The summed E-state index contributed by atoms with van der Waals surface area (Å²) in [5.74, 6) is 0.394. The van der Waals surface area contributed by atoms with Crippen molar-refractivity contribution in [1.82, 2.24) is 4.98 Å². The van der Waals surface area contributed by atoms with Gasteiger partial charge in [-0.3, -0.25) is 0 Å². The van der Waals surface area contributed by atoms with E-state index in [1.807, 2.05) is 36.4 Å². The number of aromatic nitrogens is 1. The molecule has 112 valence electrons. The molecule has 4 nitrogen and oxygen atoms in total. The SMILES string of the molecule is N#Cc1ccc(-c2ccccc2)nc1SC1CCS(=O)(=O)C1. The Morgan fingerprint density at radius 2 is 1.95 bits per heavy atom. The van der Waals surface area contributed by atoms with E-state index in [0.29, 0.717) is 17.0 Å². The lowest BCUT2D eigenvalue weighted by Crippen LogP contribution is -2.07. The van der Waals surface area contributed by atoms with Gasteiger partial charge in [-0.05, 0) is 18.6 Å². The predicted molar refractivity (Wildman–Crippen MR) is 87.3 cm³/mol. The van der Waals surface area contributed by atoms with E-state index in [0.717, 1.165) is 11.3 Å². The first-order chi connectivity index (χ1) is 10.6. The molecule has 1 aliphatic rings. The van der Waals surface area contributed by atoms with Gasteiger partial charge in [-0.1, -0.05) is 30.3 Å². The largest absolute Gasteiger partial charge is 0.240 e. The smallest absolute Gasteiger partial charge is 0.151 e. The highest BCUT2D eigenvalue weighted by atomic mass is 32.2. The standard InChI is InChI=1S/C16H14N2O2S2/c17-10-13-6-7-15(12-4-2-1-3-5-12)18-16(13)21-14-8-9-22(19,20)11-14/h1-7,14H,8-9,11H2. The van der Waals surface area contributed by atoms with Gasteiger partial charge in [0.25, 0.3) is 0 Å². The predicted octanol–water partition coefficient (Wildman–Crippen LogP) is 2.90. The minimum absolute atomic E-state index is 0.0179. The fourth-order valence-electron chi connectivity index (χ4n) is 2.40. The van der Waals surface area contributed by atoms with Gasteiger partial charge in [0, 0.05) is 10.8 Å². The molecule has 1 atom stereocenters. The topological polar surface area (TPSA) is 70.8 Å². The number of hydrogen-bond acceptors (Lipinski definition) is 5. The molecule has 3 rings (SSSR count). The second kappa shape index (κ2) is 6.11. The minimum atomic E-state index is -2.93. The van der Waals surface area contributed by atoms with Crippen LogP contribution < -0.4 is 0 Å². The summed E-state index contributed by atoms with van der Waals surface area (Å²) in [5.41, 5.74) is 2.27. The summed E-state index contributed by atoms with van der Waals surface area (Å²) in [5, 5.41) is 9.83. The molecular formula is C16H14N2O2S2. The van der Waals surface area contributed by atoms with Gasteiger partial charge in [-0.25, -0.2) is 13.4 Å². The van der Waals surface area contributed by atoms with Crippen LogP contribution in [-0.2, 0) is 9.84 Å². The van der Waals surface area contributed by atoms with Crippen LogP contribution in [0, 0.1) is 11.3 Å². The van der Waals surface area contributed by atoms with E-state index in [-0.39, 0.29) is 16.8 Å². The molecule has 0 saturated carbocycles. The van der Waals surface area contributed by atoms with Crippen molar-refractivity contribution in [3.63, 3.8) is 0 Å². The molecule has 1 saturated heterocycles. The molecule has 6 heteroatoms. The van der Waals surface area contributed by atoms with E-state index in [1.165, 1.54) is 11.8 Å². The Morgan fingerprint density at radius 1 is 1.18 bits per heavy atom. The van der Waals surface area contributed by atoms with Gasteiger partial charge < -0.3 is 0 Å². The zero-order chi connectivity index (χ0) is 15.6. The highest BCUT2D eigenvalue weighted by Crippen LogP contribution is 2.33. The highest BCUT2D eigenvalue weighted by molar-refractivity contribution is 8.01. The molecule has 1 aromatic carbocycles. The van der Waals surface area contributed by atoms with Crippen molar-refractivity contribution in [1.29, 1.82) is 5.26 Å². The van der Waals surface area contributed by atoms with Crippen LogP contribution in [0.4, 0.5) is 0 Å². The van der Waals surface area contributed by atoms with Crippen molar-refractivity contribution in [3.05, 3.63) is 48.0 Å². The van der Waals surface area contributed by atoms with E-state index < -0.39 is 9.84 Å². The third-order valence-electron chi connectivity index (χ3n) is 3.52. The Hall–Kier alpha value is -1.84. The average Bonchev–Trinajstić information content (AvgIpc) is 2.87. The third kappa shape index (κ3) is 3.32. The first-order valence-electron chi connectivity index (χ1n) is 6.91. The van der Waals surface area contributed by atoms with Gasteiger partial charge >= 0.3 is 0 Å². The average molecular weight is 330 g/mol. The molecule has 22 heavy (non-hydrogen) atoms. The van der Waals surface area contributed by atoms with Crippen LogP contribution >= 0.6 is 11.8 Å². The normalized spacial score (nSPS) is 19.7. The number of thioether (sulfide) groups is 1. The third-order valence-corrected chi connectivity index (χ3v) is 6.77. The zero-order valence-corrected chi connectivity index (χ0v) is 13.4. The monoisotopic (exact) mass is 330 g/mol. The van der Waals surface area contributed by atoms with Crippen LogP contribution in [0.2, 0.25) is 0 Å². The summed E-state index contributed by atoms with van der Waals surface area (Å²) in [4.78, 5) is 4.57. The molecule has 0 bridgehead atoms. The molecule has 2 aromatic rings. The number of rotatable bonds is 3. The molecule has 1 unspecified atom stereocenters. The summed E-state index contributed by atoms with van der Waals surface area (Å²) in [6.45, 7) is 0. The first-order valence-corrected chi connectivity index (χ1v) is 9.61. The van der Waals surface area contributed by atoms with Crippen LogP contribution in [0.25, 0.3) is 11.3 Å². The van der Waals surface area contributed by atoms with Crippen molar-refractivity contribution in [2.45, 2.75) is 16.7 Å². The van der Waals surface area contributed by atoms with Crippen LogP contribution in [0.15, 0.2) is 47.5 Å². The van der Waals surface area contributed by atoms with Crippen LogP contribution in [-0.4, -0.2) is 30.2 Å². The number of nitrogens with zero attached hydrogens (tertiary/aromatic N) is 2. The lowest BCUT2D eigenvalue weighted by Gasteiger charge is -2.10. The van der Waals surface area contributed by atoms with Gasteiger partial charge in [0.05, 0.1) is 22.8 Å². The summed E-state index contributed by atoms with van der Waals surface area (Å²) < 4.78 is 23.2. The molecule has 0 spiro atoms. The van der Waals surface area contributed by atoms with Crippen molar-refractivity contribution < 1.29 is 8.42 Å². The van der Waals surface area contributed by atoms with E-state index >= 15 is 0 Å². The lowest BCUT2D eigenvalue weighted by atomic mass is 10.1. The van der Waals surface area contributed by atoms with Crippen LogP contribution in [0.3, 0.4) is 0 Å². The number of sulfone groups is 1. The second-order valence-electron chi connectivity index (χ2n) is 5.17. The van der Waals surface area contributed by atoms with E-state index in [9.17, 15) is 13.7 Å². The fourth-order valence-corrected chi connectivity index (χ4v) is 5.93. The molecule has 0 amide bonds. The lowest BCUT2D eigenvalue weighted by molar-refractivity contribution is 0.602. The molecule has 1 aliphatic heterocycles. The molecule has 1 aromatic heterocycles. The highest BCUT2D eigenvalue weighted by Gasteiger charge is 2.29. The van der Waals surface area contributed by atoms with E-state index in [4.69, 9.17) is 0 Å². The quantitative estimate of drug-likeness (QED) is 0.865. The molecule has 0 aliphatic carbocycles. The van der Waals surface area contributed by atoms with Crippen LogP contribution in [0.5, 0.6) is 0 Å². The number of benzene rings is 1. The maximum absolute atomic E-state index is 11.6. The van der Waals surface area contributed by atoms with Crippen molar-refractivity contribution >= 4 is 21.6 Å². The van der Waals surface area contributed by atoms with Gasteiger partial charge in [-0.15, -0.1) is 11.8 Å². The molecule has 1 fully saturated rings. The van der Waals surface area contributed by atoms with E-state index in [1.54, 1.807) is 6.07 Å². The number of nitriles is 1. The van der Waals surface area contributed by atoms with Crippen molar-refractivity contribution in [3.8, 4) is 17.3 Å². The van der Waals surface area contributed by atoms with Crippen molar-refractivity contribution in [2.75, 3.05) is 11.5 Å². The Bertz CT molecular complexity index is 827. The number of hydrogen-bond donors (Lipinski definition) is 0. The minimum Gasteiger partial charge on any atom is -0.240 e. The first kappa shape index (κ1) is 15.1. The second-order valence-corrected chi connectivity index (χ2v) is 8.69. The Labute approximate surface area is 134 Å². The van der Waals surface area contributed by atoms with E-state index in [2.05, 4.69) is 11.1 Å². The molecule has 2 heterocycles. The van der Waals surface area contributed by atoms with Crippen molar-refractivity contribution in [2.24, 2.45) is 0 Å². The Morgan fingerprint density at radius 3 is 2.59 bits per heavy atom. The summed E-state index contributed by atoms with van der Waals surface area (Å²) in [7, 11) is -2.93. The fraction of sp³-hybridized carbons (Fsp3) is 0.250. The van der Waals surface area contributed by atoms with Gasteiger partial charge in [0.2, 0.25) is 0 Å². The maximum Gasteiger partial charge on any atom is 0.151 e. The molecule has 0 radical (unpaired) electrons. The Kier molecular flexibility index (Phi) is 4.19. The molecule has 0 N–H and O–H groups in total. The molecular weight excluding hydrogens is 316 g/mol. The van der Waals surface area contributed by atoms with Crippen LogP contribution in [0.1, 0.15) is 12.0 Å².